The molecule has 1 radical (unpaired) electrons. The highest BCUT2D eigenvalue weighted by atomic mass is 16.5. The zero-order chi connectivity index (χ0) is 9.68. The zero-order valence-corrected chi connectivity index (χ0v) is 7.19. The van der Waals surface area contributed by atoms with E-state index in [9.17, 15) is 4.79 Å². The van der Waals surface area contributed by atoms with E-state index in [1.165, 1.54) is 12.1 Å². The minimum absolute atomic E-state index is 0.238. The van der Waals surface area contributed by atoms with Crippen LogP contribution in [0, 0.1) is 6.92 Å². The van der Waals surface area contributed by atoms with Crippen molar-refractivity contribution in [3.05, 3.63) is 36.8 Å². The van der Waals surface area contributed by atoms with Crippen LogP contribution < -0.4 is 4.74 Å². The van der Waals surface area contributed by atoms with Crippen molar-refractivity contribution in [3.8, 4) is 5.75 Å². The van der Waals surface area contributed by atoms with Gasteiger partial charge in [0.05, 0.1) is 12.2 Å². The molecular formula is C10H11O3. The topological polar surface area (TPSA) is 46.5 Å². The van der Waals surface area contributed by atoms with Gasteiger partial charge in [-0.05, 0) is 31.5 Å². The Balaban J connectivity index is 2.73. The lowest BCUT2D eigenvalue weighted by Crippen LogP contribution is -1.99. The van der Waals surface area contributed by atoms with Gasteiger partial charge in [-0.3, -0.25) is 0 Å². The van der Waals surface area contributed by atoms with E-state index >= 15 is 0 Å². The molecule has 1 rings (SSSR count). The molecule has 0 bridgehead atoms. The van der Waals surface area contributed by atoms with Crippen molar-refractivity contribution in [2.24, 2.45) is 0 Å². The Morgan fingerprint density at radius 1 is 1.54 bits per heavy atom. The summed E-state index contributed by atoms with van der Waals surface area (Å²) in [6, 6.07) is 6.40. The molecule has 1 aromatic carbocycles. The third-order valence-electron chi connectivity index (χ3n) is 1.49. The summed E-state index contributed by atoms with van der Waals surface area (Å²) in [7, 11) is 0. The molecular weight excluding hydrogens is 168 g/mol. The van der Waals surface area contributed by atoms with Crippen molar-refractivity contribution in [1.29, 1.82) is 0 Å². The SMILES string of the molecule is [CH2]CCOc1cccc(C(=O)O)c1. The highest BCUT2D eigenvalue weighted by Crippen LogP contribution is 2.13. The monoisotopic (exact) mass is 179 g/mol. The number of carboxylic acids is 1. The molecule has 3 nitrogen and oxygen atoms in total. The fourth-order valence-corrected chi connectivity index (χ4v) is 0.909. The summed E-state index contributed by atoms with van der Waals surface area (Å²) in [5, 5.41) is 8.67. The molecule has 0 aliphatic carbocycles. The quantitative estimate of drug-likeness (QED) is 0.768. The van der Waals surface area contributed by atoms with Crippen LogP contribution in [0.15, 0.2) is 24.3 Å². The predicted molar refractivity (Wildman–Crippen MR) is 48.9 cm³/mol. The Bertz CT molecular complexity index is 294. The van der Waals surface area contributed by atoms with Crippen molar-refractivity contribution < 1.29 is 14.6 Å². The van der Waals surface area contributed by atoms with Gasteiger partial charge in [-0.1, -0.05) is 6.07 Å². The predicted octanol–water partition coefficient (Wildman–Crippen LogP) is 1.99. The molecule has 1 N–H and O–H groups in total. The zero-order valence-electron chi connectivity index (χ0n) is 7.19. The van der Waals surface area contributed by atoms with Crippen molar-refractivity contribution >= 4 is 5.97 Å². The van der Waals surface area contributed by atoms with Crippen molar-refractivity contribution in [3.63, 3.8) is 0 Å². The van der Waals surface area contributed by atoms with Gasteiger partial charge in [0.15, 0.2) is 0 Å². The largest absolute Gasteiger partial charge is 0.494 e. The van der Waals surface area contributed by atoms with Gasteiger partial charge in [-0.25, -0.2) is 4.79 Å². The Morgan fingerprint density at radius 3 is 2.92 bits per heavy atom. The van der Waals surface area contributed by atoms with E-state index in [4.69, 9.17) is 9.84 Å². The van der Waals surface area contributed by atoms with Gasteiger partial charge in [-0.15, -0.1) is 0 Å². The Labute approximate surface area is 77.0 Å². The lowest BCUT2D eigenvalue weighted by atomic mass is 10.2. The molecule has 0 aliphatic heterocycles. The number of rotatable bonds is 4. The second kappa shape index (κ2) is 4.50. The molecule has 0 atom stereocenters. The van der Waals surface area contributed by atoms with Gasteiger partial charge in [0.1, 0.15) is 5.75 Å². The molecule has 0 heterocycles. The number of benzene rings is 1. The van der Waals surface area contributed by atoms with E-state index in [-0.39, 0.29) is 5.56 Å². The fourth-order valence-electron chi connectivity index (χ4n) is 0.909. The van der Waals surface area contributed by atoms with Crippen LogP contribution in [0.25, 0.3) is 0 Å². The Kier molecular flexibility index (Phi) is 3.31. The first-order valence-corrected chi connectivity index (χ1v) is 3.99. The van der Waals surface area contributed by atoms with Gasteiger partial charge >= 0.3 is 5.97 Å². The molecule has 1 aromatic rings. The lowest BCUT2D eigenvalue weighted by Gasteiger charge is -2.04. The van der Waals surface area contributed by atoms with Crippen LogP contribution >= 0.6 is 0 Å². The molecule has 0 fully saturated rings. The van der Waals surface area contributed by atoms with Crippen LogP contribution in [-0.2, 0) is 0 Å². The van der Waals surface area contributed by atoms with Crippen LogP contribution in [0.4, 0.5) is 0 Å². The first-order chi connectivity index (χ1) is 6.24. The van der Waals surface area contributed by atoms with Crippen molar-refractivity contribution in [2.45, 2.75) is 6.42 Å². The van der Waals surface area contributed by atoms with Crippen LogP contribution in [0.1, 0.15) is 16.8 Å². The summed E-state index contributed by atoms with van der Waals surface area (Å²) in [5.74, 6) is -0.372. The summed E-state index contributed by atoms with van der Waals surface area (Å²) in [6.45, 7) is 4.12. The molecule has 0 saturated carbocycles. The number of hydrogen-bond donors (Lipinski definition) is 1. The molecule has 69 valence electrons. The number of ether oxygens (including phenoxy) is 1. The van der Waals surface area contributed by atoms with Crippen molar-refractivity contribution in [2.75, 3.05) is 6.61 Å². The van der Waals surface area contributed by atoms with E-state index in [0.29, 0.717) is 18.8 Å². The fraction of sp³-hybridized carbons (Fsp3) is 0.200. The van der Waals surface area contributed by atoms with Crippen LogP contribution in [0.2, 0.25) is 0 Å². The molecule has 0 unspecified atom stereocenters. The van der Waals surface area contributed by atoms with Gasteiger partial charge in [0, 0.05) is 0 Å². The molecule has 0 aliphatic rings. The summed E-state index contributed by atoms with van der Waals surface area (Å²) in [5.41, 5.74) is 0.238. The second-order valence-corrected chi connectivity index (χ2v) is 2.53. The van der Waals surface area contributed by atoms with E-state index in [1.807, 2.05) is 0 Å². The number of carbonyl (C=O) groups is 1. The standard InChI is InChI=1S/C10H11O3/c1-2-6-13-9-5-3-4-8(7-9)10(11)12/h3-5,7H,1-2,6H2,(H,11,12). The first-order valence-electron chi connectivity index (χ1n) is 3.99. The maximum Gasteiger partial charge on any atom is 0.335 e. The molecule has 13 heavy (non-hydrogen) atoms. The number of carboxylic acid groups (broad SMARTS) is 1. The highest BCUT2D eigenvalue weighted by Gasteiger charge is 2.02. The Hall–Kier alpha value is -1.51. The maximum absolute atomic E-state index is 10.6. The van der Waals surface area contributed by atoms with Gasteiger partial charge < -0.3 is 9.84 Å². The van der Waals surface area contributed by atoms with Crippen LogP contribution in [-0.4, -0.2) is 17.7 Å². The molecule has 0 amide bonds. The first kappa shape index (κ1) is 9.58. The van der Waals surface area contributed by atoms with E-state index in [1.54, 1.807) is 12.1 Å². The molecule has 0 aromatic heterocycles. The summed E-state index contributed by atoms with van der Waals surface area (Å²) < 4.78 is 5.22. The number of aromatic carboxylic acids is 1. The average molecular weight is 179 g/mol. The van der Waals surface area contributed by atoms with E-state index in [2.05, 4.69) is 6.92 Å². The van der Waals surface area contributed by atoms with Crippen LogP contribution in [0.5, 0.6) is 5.75 Å². The summed E-state index contributed by atoms with van der Waals surface area (Å²) in [6.07, 6.45) is 0.664. The van der Waals surface area contributed by atoms with E-state index in [0.717, 1.165) is 0 Å². The molecule has 0 saturated heterocycles. The smallest absolute Gasteiger partial charge is 0.335 e. The minimum Gasteiger partial charge on any atom is -0.494 e. The average Bonchev–Trinajstić information content (AvgIpc) is 2.15. The normalized spacial score (nSPS) is 9.62. The summed E-state index contributed by atoms with van der Waals surface area (Å²) >= 11 is 0. The highest BCUT2D eigenvalue weighted by molar-refractivity contribution is 5.87. The minimum atomic E-state index is -0.944. The van der Waals surface area contributed by atoms with Gasteiger partial charge in [0.25, 0.3) is 0 Å². The summed E-state index contributed by atoms with van der Waals surface area (Å²) in [4.78, 5) is 10.6. The van der Waals surface area contributed by atoms with Gasteiger partial charge in [-0.2, -0.15) is 0 Å². The molecule has 3 heteroatoms. The van der Waals surface area contributed by atoms with Crippen molar-refractivity contribution in [1.82, 2.24) is 0 Å². The Morgan fingerprint density at radius 2 is 2.31 bits per heavy atom. The van der Waals surface area contributed by atoms with E-state index < -0.39 is 5.97 Å². The number of hydrogen-bond acceptors (Lipinski definition) is 2. The molecule has 0 spiro atoms. The third kappa shape index (κ3) is 2.78. The van der Waals surface area contributed by atoms with Crippen LogP contribution in [0.3, 0.4) is 0 Å². The van der Waals surface area contributed by atoms with Gasteiger partial charge in [0.2, 0.25) is 0 Å². The third-order valence-corrected chi connectivity index (χ3v) is 1.49. The lowest BCUT2D eigenvalue weighted by molar-refractivity contribution is 0.0696. The maximum atomic E-state index is 10.6. The second-order valence-electron chi connectivity index (χ2n) is 2.53.